The number of pyridine rings is 1. The van der Waals surface area contributed by atoms with E-state index in [0.29, 0.717) is 30.6 Å². The van der Waals surface area contributed by atoms with Crippen LogP contribution in [0.25, 0.3) is 0 Å². The Balaban J connectivity index is 1.89. The van der Waals surface area contributed by atoms with E-state index in [4.69, 9.17) is 16.3 Å². The zero-order chi connectivity index (χ0) is 17.9. The first-order valence-electron chi connectivity index (χ1n) is 8.13. The molecule has 3 rings (SSSR count). The summed E-state index contributed by atoms with van der Waals surface area (Å²) in [6, 6.07) is 11.0. The molecule has 0 unspecified atom stereocenters. The number of halogens is 1. The largest absolute Gasteiger partial charge is 0.381 e. The molecule has 1 aliphatic heterocycles. The summed E-state index contributed by atoms with van der Waals surface area (Å²) in [5.74, 6) is 0.393. The molecule has 0 aliphatic carbocycles. The van der Waals surface area contributed by atoms with Crippen LogP contribution in [0.3, 0.4) is 0 Å². The molecule has 7 heteroatoms. The lowest BCUT2D eigenvalue weighted by atomic mass is 9.74. The van der Waals surface area contributed by atoms with Crippen molar-refractivity contribution in [3.8, 4) is 0 Å². The number of anilines is 1. The van der Waals surface area contributed by atoms with Crippen molar-refractivity contribution in [2.24, 2.45) is 0 Å². The molecule has 1 N–H and O–H groups in total. The van der Waals surface area contributed by atoms with Gasteiger partial charge in [0, 0.05) is 42.6 Å². The molecule has 0 bridgehead atoms. The molecule has 25 heavy (non-hydrogen) atoms. The van der Waals surface area contributed by atoms with Gasteiger partial charge in [-0.25, -0.2) is 13.4 Å². The summed E-state index contributed by atoms with van der Waals surface area (Å²) in [5, 5.41) is 3.96. The average molecular weight is 381 g/mol. The summed E-state index contributed by atoms with van der Waals surface area (Å²) in [6.45, 7) is 1.93. The van der Waals surface area contributed by atoms with Crippen LogP contribution in [0, 0.1) is 0 Å². The van der Waals surface area contributed by atoms with E-state index < -0.39 is 9.84 Å². The highest BCUT2D eigenvalue weighted by molar-refractivity contribution is 7.90. The smallest absolute Gasteiger partial charge is 0.179 e. The fraction of sp³-hybridized carbons (Fsp3) is 0.389. The Labute approximate surface area is 153 Å². The minimum absolute atomic E-state index is 0.144. The fourth-order valence-corrected chi connectivity index (χ4v) is 4.14. The first-order chi connectivity index (χ1) is 11.9. The second-order valence-electron chi connectivity index (χ2n) is 6.38. The third-order valence-electron chi connectivity index (χ3n) is 4.67. The normalized spacial score (nSPS) is 17.2. The van der Waals surface area contributed by atoms with E-state index >= 15 is 0 Å². The zero-order valence-corrected chi connectivity index (χ0v) is 15.6. The van der Waals surface area contributed by atoms with Gasteiger partial charge in [0.1, 0.15) is 10.7 Å². The van der Waals surface area contributed by atoms with Crippen molar-refractivity contribution >= 4 is 27.3 Å². The second-order valence-corrected chi connectivity index (χ2v) is 8.80. The molecule has 0 spiro atoms. The van der Waals surface area contributed by atoms with E-state index in [9.17, 15) is 8.42 Å². The minimum atomic E-state index is -3.34. The van der Waals surface area contributed by atoms with Gasteiger partial charge in [0.25, 0.3) is 0 Å². The van der Waals surface area contributed by atoms with E-state index in [1.807, 2.05) is 24.3 Å². The van der Waals surface area contributed by atoms with Crippen molar-refractivity contribution in [3.05, 3.63) is 53.2 Å². The van der Waals surface area contributed by atoms with Crippen LogP contribution < -0.4 is 5.32 Å². The number of nitrogens with zero attached hydrogens (tertiary/aromatic N) is 1. The number of nitrogens with one attached hydrogen (secondary N) is 1. The summed E-state index contributed by atoms with van der Waals surface area (Å²) in [5.41, 5.74) is 1.03. The number of rotatable bonds is 5. The van der Waals surface area contributed by atoms with Crippen molar-refractivity contribution in [1.29, 1.82) is 0 Å². The molecule has 1 fully saturated rings. The summed E-state index contributed by atoms with van der Waals surface area (Å²) < 4.78 is 29.5. The number of ether oxygens (including phenoxy) is 1. The Hall–Kier alpha value is -1.63. The van der Waals surface area contributed by atoms with Gasteiger partial charge in [0.2, 0.25) is 0 Å². The van der Waals surface area contributed by atoms with Crippen LogP contribution in [-0.2, 0) is 20.0 Å². The Bertz CT molecular complexity index is 832. The highest BCUT2D eigenvalue weighted by Gasteiger charge is 2.34. The van der Waals surface area contributed by atoms with Crippen LogP contribution in [0.15, 0.2) is 47.5 Å². The molecule has 5 nitrogen and oxygen atoms in total. The Morgan fingerprint density at radius 1 is 1.20 bits per heavy atom. The molecule has 1 aromatic heterocycles. The first-order valence-corrected chi connectivity index (χ1v) is 10.4. The van der Waals surface area contributed by atoms with Crippen molar-refractivity contribution < 1.29 is 13.2 Å². The minimum Gasteiger partial charge on any atom is -0.381 e. The van der Waals surface area contributed by atoms with Gasteiger partial charge >= 0.3 is 0 Å². The van der Waals surface area contributed by atoms with Crippen LogP contribution >= 0.6 is 11.6 Å². The van der Waals surface area contributed by atoms with Crippen LogP contribution in [0.2, 0.25) is 5.02 Å². The predicted octanol–water partition coefficient (Wildman–Crippen LogP) is 3.30. The van der Waals surface area contributed by atoms with Gasteiger partial charge in [0.15, 0.2) is 9.84 Å². The van der Waals surface area contributed by atoms with Crippen LogP contribution in [0.5, 0.6) is 0 Å². The lowest BCUT2D eigenvalue weighted by Crippen LogP contribution is -2.40. The van der Waals surface area contributed by atoms with Crippen molar-refractivity contribution in [1.82, 2.24) is 4.98 Å². The van der Waals surface area contributed by atoms with Gasteiger partial charge in [-0.1, -0.05) is 23.7 Å². The highest BCUT2D eigenvalue weighted by Crippen LogP contribution is 2.36. The topological polar surface area (TPSA) is 68.3 Å². The Morgan fingerprint density at radius 3 is 2.52 bits per heavy atom. The highest BCUT2D eigenvalue weighted by atomic mass is 35.5. The zero-order valence-electron chi connectivity index (χ0n) is 14.0. The predicted molar refractivity (Wildman–Crippen MR) is 99.0 cm³/mol. The monoisotopic (exact) mass is 380 g/mol. The molecule has 1 saturated heterocycles. The molecule has 0 amide bonds. The maximum Gasteiger partial charge on any atom is 0.179 e. The van der Waals surface area contributed by atoms with Crippen LogP contribution in [0.4, 0.5) is 5.82 Å². The average Bonchev–Trinajstić information content (AvgIpc) is 2.61. The first kappa shape index (κ1) is 18.2. The van der Waals surface area contributed by atoms with E-state index in [0.717, 1.165) is 12.8 Å². The number of benzene rings is 1. The maximum atomic E-state index is 12.0. The quantitative estimate of drug-likeness (QED) is 0.861. The number of hydrogen-bond acceptors (Lipinski definition) is 5. The van der Waals surface area contributed by atoms with E-state index in [1.165, 1.54) is 11.8 Å². The van der Waals surface area contributed by atoms with Crippen molar-refractivity contribution in [2.45, 2.75) is 23.2 Å². The standard InChI is InChI=1S/C18H21ClN2O3S/c1-25(22,23)16-3-2-10-20-17(16)21-13-18(8-11-24-12-9-18)14-4-6-15(19)7-5-14/h2-7,10H,8-9,11-13H2,1H3,(H,20,21). The van der Waals surface area contributed by atoms with Gasteiger partial charge in [-0.15, -0.1) is 0 Å². The summed E-state index contributed by atoms with van der Waals surface area (Å²) >= 11 is 6.02. The van der Waals surface area contributed by atoms with E-state index in [1.54, 1.807) is 18.3 Å². The second kappa shape index (κ2) is 7.32. The summed E-state index contributed by atoms with van der Waals surface area (Å²) in [4.78, 5) is 4.44. The molecule has 2 heterocycles. The Kier molecular flexibility index (Phi) is 5.32. The molecule has 1 aromatic carbocycles. The third kappa shape index (κ3) is 4.14. The molecule has 0 radical (unpaired) electrons. The van der Waals surface area contributed by atoms with Gasteiger partial charge < -0.3 is 10.1 Å². The van der Waals surface area contributed by atoms with Gasteiger partial charge in [-0.3, -0.25) is 0 Å². The molecule has 0 atom stereocenters. The number of sulfone groups is 1. The van der Waals surface area contributed by atoms with Crippen LogP contribution in [-0.4, -0.2) is 39.4 Å². The maximum absolute atomic E-state index is 12.0. The third-order valence-corrected chi connectivity index (χ3v) is 6.05. The van der Waals surface area contributed by atoms with Gasteiger partial charge in [-0.2, -0.15) is 0 Å². The summed E-state index contributed by atoms with van der Waals surface area (Å²) in [6.07, 6.45) is 4.49. The number of aromatic nitrogens is 1. The SMILES string of the molecule is CS(=O)(=O)c1cccnc1NCC1(c2ccc(Cl)cc2)CCOCC1. The lowest BCUT2D eigenvalue weighted by Gasteiger charge is -2.38. The number of hydrogen-bond donors (Lipinski definition) is 1. The molecule has 2 aromatic rings. The molecule has 134 valence electrons. The van der Waals surface area contributed by atoms with Crippen LogP contribution in [0.1, 0.15) is 18.4 Å². The van der Waals surface area contributed by atoms with Gasteiger partial charge in [0.05, 0.1) is 0 Å². The van der Waals surface area contributed by atoms with Crippen molar-refractivity contribution in [3.63, 3.8) is 0 Å². The fourth-order valence-electron chi connectivity index (χ4n) is 3.21. The van der Waals surface area contributed by atoms with E-state index in [-0.39, 0.29) is 10.3 Å². The van der Waals surface area contributed by atoms with Gasteiger partial charge in [-0.05, 0) is 42.7 Å². The molecular weight excluding hydrogens is 360 g/mol. The van der Waals surface area contributed by atoms with E-state index in [2.05, 4.69) is 10.3 Å². The summed E-state index contributed by atoms with van der Waals surface area (Å²) in [7, 11) is -3.34. The molecule has 1 aliphatic rings. The Morgan fingerprint density at radius 2 is 1.88 bits per heavy atom. The lowest BCUT2D eigenvalue weighted by molar-refractivity contribution is 0.0543. The van der Waals surface area contributed by atoms with Crippen molar-refractivity contribution in [2.75, 3.05) is 31.3 Å². The molecule has 0 saturated carbocycles. The molecular formula is C18H21ClN2O3S.